The zero-order valence-corrected chi connectivity index (χ0v) is 18.2. The van der Waals surface area contributed by atoms with Gasteiger partial charge in [-0.1, -0.05) is 6.07 Å². The molecule has 0 radical (unpaired) electrons. The van der Waals surface area contributed by atoms with Crippen LogP contribution in [-0.2, 0) is 13.1 Å². The number of aryl methyl sites for hydroxylation is 2. The number of halogens is 1. The summed E-state index contributed by atoms with van der Waals surface area (Å²) in [5.41, 5.74) is 2.48. The molecule has 6 nitrogen and oxygen atoms in total. The summed E-state index contributed by atoms with van der Waals surface area (Å²) in [5.74, 6) is 0.452. The molecule has 29 heavy (non-hydrogen) atoms. The number of hydrogen-bond acceptors (Lipinski definition) is 5. The molecule has 1 aromatic heterocycles. The van der Waals surface area contributed by atoms with Crippen LogP contribution in [-0.4, -0.2) is 41.8 Å². The topological polar surface area (TPSA) is 72.8 Å². The zero-order valence-electron chi connectivity index (χ0n) is 17.3. The maximum Gasteiger partial charge on any atom is 0.191 e. The van der Waals surface area contributed by atoms with Crippen LogP contribution in [0.15, 0.2) is 23.2 Å². The molecule has 3 rings (SSSR count). The van der Waals surface area contributed by atoms with E-state index in [0.29, 0.717) is 50.7 Å². The second-order valence-corrected chi connectivity index (χ2v) is 8.59. The fourth-order valence-corrected chi connectivity index (χ4v) is 4.17. The van der Waals surface area contributed by atoms with Gasteiger partial charge in [0.05, 0.1) is 30.6 Å². The van der Waals surface area contributed by atoms with E-state index in [9.17, 15) is 9.50 Å². The number of aliphatic imine (C=N–C) groups is 1. The molecule has 1 fully saturated rings. The van der Waals surface area contributed by atoms with E-state index in [4.69, 9.17) is 0 Å². The summed E-state index contributed by atoms with van der Waals surface area (Å²) in [6.07, 6.45) is 1.10. The standard InChI is InChI=1S/C21H30FN5OS/c1-4-23-21(25-13-20-26-14(2)15(3)29-20)24-12-16-5-6-19(18(22)11-16)27-9-7-17(28)8-10-27/h5-6,11,17,28H,4,7-10,12-13H2,1-3H3,(H2,23,24,25). The summed E-state index contributed by atoms with van der Waals surface area (Å²) in [4.78, 5) is 12.3. The number of anilines is 1. The van der Waals surface area contributed by atoms with Crippen molar-refractivity contribution in [2.45, 2.75) is 52.8 Å². The summed E-state index contributed by atoms with van der Waals surface area (Å²) in [6, 6.07) is 5.30. The summed E-state index contributed by atoms with van der Waals surface area (Å²) in [7, 11) is 0. The van der Waals surface area contributed by atoms with Gasteiger partial charge in [0.25, 0.3) is 0 Å². The van der Waals surface area contributed by atoms with Crippen LogP contribution in [0.4, 0.5) is 10.1 Å². The van der Waals surface area contributed by atoms with Gasteiger partial charge in [-0.2, -0.15) is 0 Å². The Morgan fingerprint density at radius 2 is 2.07 bits per heavy atom. The smallest absolute Gasteiger partial charge is 0.191 e. The number of piperidine rings is 1. The molecule has 3 N–H and O–H groups in total. The number of rotatable bonds is 6. The first-order chi connectivity index (χ1) is 14.0. The first kappa shape index (κ1) is 21.5. The Balaban J connectivity index is 1.61. The minimum absolute atomic E-state index is 0.235. The minimum atomic E-state index is -0.267. The van der Waals surface area contributed by atoms with E-state index in [1.807, 2.05) is 30.9 Å². The van der Waals surface area contributed by atoms with E-state index in [1.165, 1.54) is 4.88 Å². The fourth-order valence-electron chi connectivity index (χ4n) is 3.30. The van der Waals surface area contributed by atoms with E-state index < -0.39 is 0 Å². The van der Waals surface area contributed by atoms with Crippen molar-refractivity contribution in [3.63, 3.8) is 0 Å². The molecule has 0 spiro atoms. The highest BCUT2D eigenvalue weighted by molar-refractivity contribution is 7.11. The molecule has 1 saturated heterocycles. The minimum Gasteiger partial charge on any atom is -0.393 e. The van der Waals surface area contributed by atoms with Gasteiger partial charge in [-0.05, 0) is 51.3 Å². The lowest BCUT2D eigenvalue weighted by molar-refractivity contribution is 0.145. The Hall–Kier alpha value is -2.19. The van der Waals surface area contributed by atoms with Gasteiger partial charge in [-0.3, -0.25) is 0 Å². The van der Waals surface area contributed by atoms with E-state index in [-0.39, 0.29) is 11.9 Å². The molecule has 0 unspecified atom stereocenters. The van der Waals surface area contributed by atoms with E-state index in [0.717, 1.165) is 22.8 Å². The number of nitrogens with one attached hydrogen (secondary N) is 2. The highest BCUT2D eigenvalue weighted by Crippen LogP contribution is 2.24. The van der Waals surface area contributed by atoms with Crippen molar-refractivity contribution in [1.29, 1.82) is 0 Å². The molecule has 0 aliphatic carbocycles. The van der Waals surface area contributed by atoms with Crippen LogP contribution in [0.5, 0.6) is 0 Å². The van der Waals surface area contributed by atoms with Gasteiger partial charge in [0.1, 0.15) is 10.8 Å². The molecule has 158 valence electrons. The first-order valence-corrected chi connectivity index (χ1v) is 10.9. The average Bonchev–Trinajstić information content (AvgIpc) is 3.02. The Morgan fingerprint density at radius 1 is 1.31 bits per heavy atom. The van der Waals surface area contributed by atoms with Crippen LogP contribution >= 0.6 is 11.3 Å². The lowest BCUT2D eigenvalue weighted by Crippen LogP contribution is -2.36. The molecule has 2 heterocycles. The Kier molecular flexibility index (Phi) is 7.44. The number of nitrogens with zero attached hydrogens (tertiary/aromatic N) is 3. The van der Waals surface area contributed by atoms with Gasteiger partial charge in [0, 0.05) is 24.5 Å². The average molecular weight is 420 g/mol. The first-order valence-electron chi connectivity index (χ1n) is 10.1. The fraction of sp³-hybridized carbons (Fsp3) is 0.524. The highest BCUT2D eigenvalue weighted by atomic mass is 32.1. The summed E-state index contributed by atoms with van der Waals surface area (Å²) in [5, 5.41) is 17.2. The molecule has 1 aliphatic heterocycles. The van der Waals surface area contributed by atoms with Gasteiger partial charge in [0.2, 0.25) is 0 Å². The maximum atomic E-state index is 14.6. The van der Waals surface area contributed by atoms with Crippen molar-refractivity contribution in [3.05, 3.63) is 45.2 Å². The molecular weight excluding hydrogens is 389 g/mol. The van der Waals surface area contributed by atoms with E-state index >= 15 is 0 Å². The molecular formula is C21H30FN5OS. The van der Waals surface area contributed by atoms with Crippen molar-refractivity contribution in [2.75, 3.05) is 24.5 Å². The van der Waals surface area contributed by atoms with Crippen LogP contribution in [0.3, 0.4) is 0 Å². The summed E-state index contributed by atoms with van der Waals surface area (Å²) in [6.45, 7) is 9.20. The number of hydrogen-bond donors (Lipinski definition) is 3. The lowest BCUT2D eigenvalue weighted by Gasteiger charge is -2.31. The van der Waals surface area contributed by atoms with Crippen LogP contribution in [0.25, 0.3) is 0 Å². The largest absolute Gasteiger partial charge is 0.393 e. The van der Waals surface area contributed by atoms with Gasteiger partial charge in [-0.25, -0.2) is 14.4 Å². The Morgan fingerprint density at radius 3 is 2.69 bits per heavy atom. The van der Waals surface area contributed by atoms with Crippen LogP contribution < -0.4 is 15.5 Å². The Labute approximate surface area is 175 Å². The molecule has 1 aromatic carbocycles. The quantitative estimate of drug-likeness (QED) is 0.496. The summed E-state index contributed by atoms with van der Waals surface area (Å²) < 4.78 is 14.6. The highest BCUT2D eigenvalue weighted by Gasteiger charge is 2.19. The van der Waals surface area contributed by atoms with Crippen molar-refractivity contribution >= 4 is 23.0 Å². The van der Waals surface area contributed by atoms with E-state index in [2.05, 4.69) is 27.5 Å². The number of guanidine groups is 1. The third-order valence-electron chi connectivity index (χ3n) is 5.06. The van der Waals surface area contributed by atoms with Gasteiger partial charge >= 0.3 is 0 Å². The van der Waals surface area contributed by atoms with Gasteiger partial charge < -0.3 is 20.6 Å². The molecule has 2 aromatic rings. The number of aliphatic hydroxyl groups excluding tert-OH is 1. The van der Waals surface area contributed by atoms with Crippen molar-refractivity contribution in [1.82, 2.24) is 15.6 Å². The molecule has 1 aliphatic rings. The second kappa shape index (κ2) is 10.0. The van der Waals surface area contributed by atoms with Gasteiger partial charge in [-0.15, -0.1) is 11.3 Å². The number of aliphatic hydroxyl groups is 1. The number of aromatic nitrogens is 1. The van der Waals surface area contributed by atoms with Crippen LogP contribution in [0.2, 0.25) is 0 Å². The van der Waals surface area contributed by atoms with Gasteiger partial charge in [0.15, 0.2) is 5.96 Å². The van der Waals surface area contributed by atoms with Crippen molar-refractivity contribution in [3.8, 4) is 0 Å². The SMILES string of the molecule is CCNC(=NCc1ccc(N2CCC(O)CC2)c(F)c1)NCc1nc(C)c(C)s1. The predicted molar refractivity (Wildman–Crippen MR) is 117 cm³/mol. The monoisotopic (exact) mass is 419 g/mol. The van der Waals surface area contributed by atoms with Crippen molar-refractivity contribution in [2.24, 2.45) is 4.99 Å². The van der Waals surface area contributed by atoms with Crippen LogP contribution in [0.1, 0.15) is 40.9 Å². The normalized spacial score (nSPS) is 15.6. The predicted octanol–water partition coefficient (Wildman–Crippen LogP) is 3.12. The third kappa shape index (κ3) is 5.90. The third-order valence-corrected chi connectivity index (χ3v) is 6.13. The van der Waals surface area contributed by atoms with E-state index in [1.54, 1.807) is 17.4 Å². The van der Waals surface area contributed by atoms with Crippen molar-refractivity contribution < 1.29 is 9.50 Å². The second-order valence-electron chi connectivity index (χ2n) is 7.30. The zero-order chi connectivity index (χ0) is 20.8. The van der Waals surface area contributed by atoms with Crippen LogP contribution in [0, 0.1) is 19.7 Å². The molecule has 0 saturated carbocycles. The summed E-state index contributed by atoms with van der Waals surface area (Å²) >= 11 is 1.68. The Bertz CT molecular complexity index is 826. The number of benzene rings is 1. The molecule has 8 heteroatoms. The molecule has 0 atom stereocenters. The number of thiazole rings is 1. The molecule has 0 bridgehead atoms. The lowest BCUT2D eigenvalue weighted by atomic mass is 10.1. The molecule has 0 amide bonds. The maximum absolute atomic E-state index is 14.6.